The van der Waals surface area contributed by atoms with Crippen LogP contribution in [0.4, 0.5) is 5.13 Å². The minimum absolute atomic E-state index is 0.0486. The van der Waals surface area contributed by atoms with E-state index >= 15 is 0 Å². The molecular weight excluding hydrogens is 560 g/mol. The molecule has 212 valence electrons. The molecule has 0 aliphatic carbocycles. The molecule has 2 aliphatic rings. The maximum absolute atomic E-state index is 13.1. The van der Waals surface area contributed by atoms with E-state index in [4.69, 9.17) is 10.6 Å². The van der Waals surface area contributed by atoms with Gasteiger partial charge in [-0.1, -0.05) is 18.5 Å². The van der Waals surface area contributed by atoms with E-state index in [2.05, 4.69) is 25.1 Å². The Morgan fingerprint density at radius 3 is 2.67 bits per heavy atom. The highest BCUT2D eigenvalue weighted by Gasteiger charge is 2.53. The van der Waals surface area contributed by atoms with Crippen LogP contribution in [0.1, 0.15) is 42.9 Å². The Morgan fingerprint density at radius 1 is 1.30 bits per heavy atom. The zero-order valence-corrected chi connectivity index (χ0v) is 23.4. The van der Waals surface area contributed by atoms with Crippen molar-refractivity contribution in [3.05, 3.63) is 47.2 Å². The third kappa shape index (κ3) is 6.22. The van der Waals surface area contributed by atoms with Crippen LogP contribution >= 0.6 is 23.3 Å². The van der Waals surface area contributed by atoms with Gasteiger partial charge in [0.1, 0.15) is 18.0 Å². The van der Waals surface area contributed by atoms with Crippen molar-refractivity contribution in [3.8, 4) is 0 Å². The van der Waals surface area contributed by atoms with Crippen molar-refractivity contribution in [3.63, 3.8) is 0 Å². The summed E-state index contributed by atoms with van der Waals surface area (Å²) >= 11 is 2.18. The molecule has 14 nitrogen and oxygen atoms in total. The fourth-order valence-electron chi connectivity index (χ4n) is 4.06. The number of pyridine rings is 1. The first-order valence-corrected chi connectivity index (χ1v) is 14.3. The van der Waals surface area contributed by atoms with E-state index < -0.39 is 29.2 Å². The molecule has 1 fully saturated rings. The van der Waals surface area contributed by atoms with Crippen molar-refractivity contribution >= 4 is 57.8 Å². The molecule has 16 heteroatoms. The molecule has 0 spiro atoms. The van der Waals surface area contributed by atoms with Gasteiger partial charge in [0.2, 0.25) is 11.5 Å². The Kier molecular flexibility index (Phi) is 9.31. The van der Waals surface area contributed by atoms with Crippen LogP contribution in [0.25, 0.3) is 0 Å². The number of carboxylic acids is 1. The number of aromatic nitrogens is 3. The lowest BCUT2D eigenvalue weighted by Crippen LogP contribution is -2.71. The number of rotatable bonds is 12. The van der Waals surface area contributed by atoms with Gasteiger partial charge < -0.3 is 31.1 Å². The van der Waals surface area contributed by atoms with Crippen molar-refractivity contribution in [1.29, 1.82) is 0 Å². The quantitative estimate of drug-likeness (QED) is 0.0889. The van der Waals surface area contributed by atoms with Gasteiger partial charge in [0.05, 0.1) is 17.2 Å². The number of hydrogen-bond donors (Lipinski definition) is 3. The Bertz CT molecular complexity index is 1360. The predicted octanol–water partition coefficient (Wildman–Crippen LogP) is -1.22. The largest absolute Gasteiger partial charge is 0.543 e. The third-order valence-corrected chi connectivity index (χ3v) is 7.91. The number of amides is 3. The van der Waals surface area contributed by atoms with Gasteiger partial charge >= 0.3 is 0 Å². The zero-order chi connectivity index (χ0) is 28.8. The van der Waals surface area contributed by atoms with Gasteiger partial charge in [-0.3, -0.25) is 19.3 Å². The molecule has 4 rings (SSSR count). The second kappa shape index (κ2) is 12.9. The molecule has 1 saturated heterocycles. The molecule has 4 N–H and O–H groups in total. The highest BCUT2D eigenvalue weighted by Crippen LogP contribution is 2.40. The zero-order valence-electron chi connectivity index (χ0n) is 21.8. The Labute approximate surface area is 237 Å². The van der Waals surface area contributed by atoms with E-state index in [0.29, 0.717) is 17.7 Å². The molecule has 2 aliphatic heterocycles. The summed E-state index contributed by atoms with van der Waals surface area (Å²) in [5.74, 6) is -2.81. The number of anilines is 1. The van der Waals surface area contributed by atoms with E-state index in [1.807, 2.05) is 6.92 Å². The maximum Gasteiger partial charge on any atom is 0.278 e. The van der Waals surface area contributed by atoms with Gasteiger partial charge in [-0.25, -0.2) is 4.57 Å². The van der Waals surface area contributed by atoms with Crippen molar-refractivity contribution in [1.82, 2.24) is 24.9 Å². The van der Waals surface area contributed by atoms with Gasteiger partial charge in [0, 0.05) is 41.5 Å². The molecular formula is C24H28N8O6S2. The molecule has 1 unspecified atom stereocenters. The van der Waals surface area contributed by atoms with Gasteiger partial charge in [0.25, 0.3) is 17.7 Å². The first-order valence-electron chi connectivity index (χ1n) is 12.5. The summed E-state index contributed by atoms with van der Waals surface area (Å²) in [5.41, 5.74) is 6.08. The standard InChI is InChI=1S/C24H28N8O6S2/c1-3-5-8-26-19(33)13-6-9-31(10-7-13)11-14-12-39-22-16(21(35)32(22)17(14)23(36)37)27-20(34)15(29-38-4-2)18-28-24(25)40-30-18/h6-7,9-10,16,22H,3-5,8,11-12H2,1-2H3,(H4-,25,26,27,28,30,33,34,36,37)/t16?,22-/m0/s1. The number of aliphatic carboxylic acids is 1. The summed E-state index contributed by atoms with van der Waals surface area (Å²) in [6.45, 7) is 4.66. The number of nitrogen functional groups attached to an aromatic ring is 1. The first kappa shape index (κ1) is 28.9. The van der Waals surface area contributed by atoms with Crippen LogP contribution < -0.4 is 26.0 Å². The van der Waals surface area contributed by atoms with Crippen LogP contribution in [-0.4, -0.2) is 74.0 Å². The van der Waals surface area contributed by atoms with Crippen molar-refractivity contribution < 1.29 is 33.7 Å². The summed E-state index contributed by atoms with van der Waals surface area (Å²) in [6.07, 6.45) is 5.20. The molecule has 4 heterocycles. The monoisotopic (exact) mass is 588 g/mol. The van der Waals surface area contributed by atoms with E-state index in [-0.39, 0.29) is 47.2 Å². The number of unbranched alkanes of at least 4 members (excludes halogenated alkanes) is 1. The number of nitrogens with one attached hydrogen (secondary N) is 2. The Morgan fingerprint density at radius 2 is 2.05 bits per heavy atom. The molecule has 2 atom stereocenters. The average molecular weight is 589 g/mol. The van der Waals surface area contributed by atoms with Gasteiger partial charge in [0.15, 0.2) is 24.1 Å². The minimum atomic E-state index is -1.49. The highest BCUT2D eigenvalue weighted by atomic mass is 32.2. The van der Waals surface area contributed by atoms with Gasteiger partial charge in [-0.15, -0.1) is 11.8 Å². The van der Waals surface area contributed by atoms with Crippen LogP contribution in [0.5, 0.6) is 0 Å². The fourth-order valence-corrected chi connectivity index (χ4v) is 5.83. The van der Waals surface area contributed by atoms with Crippen molar-refractivity contribution in [2.24, 2.45) is 5.16 Å². The average Bonchev–Trinajstić information content (AvgIpc) is 3.37. The first-order chi connectivity index (χ1) is 19.2. The molecule has 0 radical (unpaired) electrons. The summed E-state index contributed by atoms with van der Waals surface area (Å²) in [7, 11) is 0. The van der Waals surface area contributed by atoms with Gasteiger partial charge in [-0.05, 0) is 13.3 Å². The van der Waals surface area contributed by atoms with E-state index in [1.54, 1.807) is 36.0 Å². The number of hydrogen-bond acceptors (Lipinski definition) is 12. The SMILES string of the molecule is CCCCNC(=O)c1cc[n+](CC2=C(C(=O)[O-])N3C(=O)C(NC(=O)C(=NOCC)c4nsc(N)n4)[C@@H]3SC2)cc1. The van der Waals surface area contributed by atoms with Gasteiger partial charge in [-0.2, -0.15) is 9.36 Å². The molecule has 0 saturated carbocycles. The minimum Gasteiger partial charge on any atom is -0.543 e. The molecule has 0 bridgehead atoms. The molecule has 2 aromatic heterocycles. The third-order valence-electron chi connectivity index (χ3n) is 6.02. The summed E-state index contributed by atoms with van der Waals surface area (Å²) in [4.78, 5) is 60.4. The van der Waals surface area contributed by atoms with Crippen LogP contribution in [0, 0.1) is 0 Å². The molecule has 3 amide bonds. The van der Waals surface area contributed by atoms with E-state index in [1.165, 1.54) is 11.8 Å². The number of β-lactam (4-membered cyclic amide) rings is 1. The topological polar surface area (TPSA) is 196 Å². The lowest BCUT2D eigenvalue weighted by Gasteiger charge is -2.50. The Hall–Kier alpha value is -4.05. The second-order valence-corrected chi connectivity index (χ2v) is 10.7. The Balaban J connectivity index is 1.46. The van der Waals surface area contributed by atoms with Crippen molar-refractivity contribution in [2.45, 2.75) is 44.6 Å². The maximum atomic E-state index is 13.1. The highest BCUT2D eigenvalue weighted by molar-refractivity contribution is 8.00. The summed E-state index contributed by atoms with van der Waals surface area (Å²) in [5, 5.41) is 20.8. The fraction of sp³-hybridized carbons (Fsp3) is 0.417. The van der Waals surface area contributed by atoms with E-state index in [9.17, 15) is 24.3 Å². The van der Waals surface area contributed by atoms with Crippen LogP contribution in [0.15, 0.2) is 41.0 Å². The lowest BCUT2D eigenvalue weighted by molar-refractivity contribution is -0.689. The number of thioether (sulfide) groups is 1. The lowest BCUT2D eigenvalue weighted by atomic mass is 10.0. The van der Waals surface area contributed by atoms with Crippen LogP contribution in [-0.2, 0) is 25.8 Å². The van der Waals surface area contributed by atoms with Crippen LogP contribution in [0.2, 0.25) is 0 Å². The van der Waals surface area contributed by atoms with Crippen molar-refractivity contribution in [2.75, 3.05) is 24.6 Å². The number of carbonyl (C=O) groups excluding carboxylic acids is 4. The van der Waals surface area contributed by atoms with E-state index in [0.717, 1.165) is 29.3 Å². The smallest absolute Gasteiger partial charge is 0.278 e. The molecule has 2 aromatic rings. The molecule has 0 aromatic carbocycles. The number of carboxylic acid groups (broad SMARTS) is 1. The normalized spacial score (nSPS) is 18.6. The summed E-state index contributed by atoms with van der Waals surface area (Å²) in [6, 6.07) is 2.28. The number of fused-ring (bicyclic) bond motifs is 1. The number of carbonyl (C=O) groups is 4. The van der Waals surface area contributed by atoms with Crippen LogP contribution in [0.3, 0.4) is 0 Å². The number of nitrogens with two attached hydrogens (primary N) is 1. The number of nitrogens with zero attached hydrogens (tertiary/aromatic N) is 5. The number of oxime groups is 1. The predicted molar refractivity (Wildman–Crippen MR) is 143 cm³/mol. The second-order valence-electron chi connectivity index (χ2n) is 8.78. The summed E-state index contributed by atoms with van der Waals surface area (Å²) < 4.78 is 5.69. The molecule has 40 heavy (non-hydrogen) atoms.